The lowest BCUT2D eigenvalue weighted by atomic mass is 10.00. The molecule has 0 saturated carbocycles. The number of hydrogen-bond acceptors (Lipinski definition) is 9. The maximum Gasteiger partial charge on any atom is 0.309 e. The van der Waals surface area contributed by atoms with Gasteiger partial charge >= 0.3 is 11.9 Å². The highest BCUT2D eigenvalue weighted by Crippen LogP contribution is 2.41. The maximum absolute atomic E-state index is 13.1. The smallest absolute Gasteiger partial charge is 0.309 e. The molecule has 15 heteroatoms. The SMILES string of the molecule is COc1nc(COc2cccc(-c3cccc(NC(=O)c4ccc(CN5CC(C(=O)O)C5)cn4)c3Cl)c2Cl)c(Cl)cc1CN1CC(C(=O)O)C1. The van der Waals surface area contributed by atoms with E-state index in [0.29, 0.717) is 78.4 Å². The molecule has 1 amide bonds. The van der Waals surface area contributed by atoms with Crippen LogP contribution in [0.3, 0.4) is 0 Å². The van der Waals surface area contributed by atoms with Gasteiger partial charge in [-0.1, -0.05) is 65.1 Å². The Balaban J connectivity index is 1.11. The minimum absolute atomic E-state index is 0.0139. The first-order valence-electron chi connectivity index (χ1n) is 15.6. The number of aromatic nitrogens is 2. The van der Waals surface area contributed by atoms with E-state index in [1.165, 1.54) is 7.11 Å². The number of likely N-dealkylation sites (tertiary alicyclic amines) is 2. The molecule has 3 N–H and O–H groups in total. The summed E-state index contributed by atoms with van der Waals surface area (Å²) in [6, 6.07) is 15.6. The van der Waals surface area contributed by atoms with Gasteiger partial charge in [-0.2, -0.15) is 0 Å². The summed E-state index contributed by atoms with van der Waals surface area (Å²) in [5, 5.41) is 22.0. The molecule has 2 aliphatic rings. The molecule has 2 aliphatic heterocycles. The summed E-state index contributed by atoms with van der Waals surface area (Å²) in [6.45, 7) is 2.85. The molecule has 0 radical (unpaired) electrons. The van der Waals surface area contributed by atoms with E-state index in [-0.39, 0.29) is 34.2 Å². The monoisotopic (exact) mass is 739 g/mol. The van der Waals surface area contributed by atoms with Crippen LogP contribution in [0, 0.1) is 11.8 Å². The highest BCUT2D eigenvalue weighted by atomic mass is 35.5. The number of carbonyl (C=O) groups is 3. The van der Waals surface area contributed by atoms with Gasteiger partial charge in [0.15, 0.2) is 0 Å². The third kappa shape index (κ3) is 7.79. The van der Waals surface area contributed by atoms with Crippen LogP contribution in [-0.4, -0.2) is 81.1 Å². The summed E-state index contributed by atoms with van der Waals surface area (Å²) < 4.78 is 11.5. The van der Waals surface area contributed by atoms with Crippen molar-refractivity contribution in [3.05, 3.63) is 98.4 Å². The van der Waals surface area contributed by atoms with Crippen molar-refractivity contribution < 1.29 is 34.1 Å². The number of ether oxygens (including phenoxy) is 2. The Morgan fingerprint density at radius 1 is 0.880 bits per heavy atom. The molecule has 260 valence electrons. The molecular formula is C35H32Cl3N5O7. The average Bonchev–Trinajstić information content (AvgIpc) is 3.05. The summed E-state index contributed by atoms with van der Waals surface area (Å²) in [6.07, 6.45) is 1.60. The van der Waals surface area contributed by atoms with Gasteiger partial charge in [-0.05, 0) is 29.8 Å². The minimum Gasteiger partial charge on any atom is -0.486 e. The third-order valence-corrected chi connectivity index (χ3v) is 9.74. The van der Waals surface area contributed by atoms with Crippen LogP contribution in [0.1, 0.15) is 27.3 Å². The fourth-order valence-electron chi connectivity index (χ4n) is 5.80. The van der Waals surface area contributed by atoms with E-state index >= 15 is 0 Å². The molecule has 0 bridgehead atoms. The van der Waals surface area contributed by atoms with E-state index in [0.717, 1.165) is 11.1 Å². The quantitative estimate of drug-likeness (QED) is 0.148. The molecule has 0 spiro atoms. The summed E-state index contributed by atoms with van der Waals surface area (Å²) in [7, 11) is 1.50. The van der Waals surface area contributed by atoms with Crippen molar-refractivity contribution in [1.29, 1.82) is 0 Å². The number of hydrogen-bond donors (Lipinski definition) is 3. The zero-order chi connectivity index (χ0) is 35.5. The summed E-state index contributed by atoms with van der Waals surface area (Å²) >= 11 is 20.2. The standard InChI is InChI=1S/C35H32Cl3N5O7/c1-49-33-20(13-43-16-22(17-43)35(47)48)10-25(36)28(41-33)18-50-29-7-3-5-24(31(29)38)23-4-2-6-26(30(23)37)40-32(44)27-9-8-19(11-39-27)12-42-14-21(15-42)34(45)46/h2-11,21-22H,12-18H2,1H3,(H,40,44)(H,45,46)(H,47,48). The topological polar surface area (TPSA) is 154 Å². The normalized spacial score (nSPS) is 15.2. The van der Waals surface area contributed by atoms with E-state index in [1.54, 1.807) is 60.8 Å². The van der Waals surface area contributed by atoms with Gasteiger partial charge in [0.1, 0.15) is 23.7 Å². The van der Waals surface area contributed by atoms with Crippen LogP contribution < -0.4 is 14.8 Å². The fraction of sp³-hybridized carbons (Fsp3) is 0.286. The molecule has 4 aromatic rings. The second-order valence-electron chi connectivity index (χ2n) is 12.1. The van der Waals surface area contributed by atoms with Gasteiger partial charge < -0.3 is 25.0 Å². The predicted octanol–water partition coefficient (Wildman–Crippen LogP) is 5.98. The Labute approximate surface area is 302 Å². The van der Waals surface area contributed by atoms with Crippen LogP contribution in [0.25, 0.3) is 11.1 Å². The van der Waals surface area contributed by atoms with Crippen molar-refractivity contribution >= 4 is 58.3 Å². The molecule has 2 aromatic carbocycles. The number of carboxylic acids is 2. The number of carboxylic acid groups (broad SMARTS) is 2. The van der Waals surface area contributed by atoms with Crippen molar-refractivity contribution in [2.45, 2.75) is 19.7 Å². The molecule has 0 unspecified atom stereocenters. The molecule has 2 aromatic heterocycles. The number of nitrogens with zero attached hydrogens (tertiary/aromatic N) is 4. The van der Waals surface area contributed by atoms with Crippen molar-refractivity contribution in [3.63, 3.8) is 0 Å². The van der Waals surface area contributed by atoms with Crippen LogP contribution in [0.4, 0.5) is 5.69 Å². The van der Waals surface area contributed by atoms with Crippen molar-refractivity contribution in [2.24, 2.45) is 11.8 Å². The van der Waals surface area contributed by atoms with E-state index < -0.39 is 17.8 Å². The van der Waals surface area contributed by atoms with Gasteiger partial charge in [0, 0.05) is 62.2 Å². The Morgan fingerprint density at radius 2 is 1.52 bits per heavy atom. The lowest BCUT2D eigenvalue weighted by Gasteiger charge is -2.36. The number of nitrogens with one attached hydrogen (secondary N) is 1. The summed E-state index contributed by atoms with van der Waals surface area (Å²) in [5.41, 5.74) is 3.73. The molecule has 0 atom stereocenters. The van der Waals surface area contributed by atoms with Crippen molar-refractivity contribution in [3.8, 4) is 22.8 Å². The molecule has 0 aliphatic carbocycles. The Bertz CT molecular complexity index is 1930. The number of carbonyl (C=O) groups excluding carboxylic acids is 1. The van der Waals surface area contributed by atoms with Gasteiger partial charge in [0.05, 0.1) is 39.7 Å². The van der Waals surface area contributed by atoms with Gasteiger partial charge in [0.25, 0.3) is 5.91 Å². The highest BCUT2D eigenvalue weighted by Gasteiger charge is 2.33. The maximum atomic E-state index is 13.1. The van der Waals surface area contributed by atoms with Crippen LogP contribution in [0.5, 0.6) is 11.6 Å². The van der Waals surface area contributed by atoms with Gasteiger partial charge in [-0.25, -0.2) is 4.98 Å². The van der Waals surface area contributed by atoms with Crippen LogP contribution >= 0.6 is 34.8 Å². The van der Waals surface area contributed by atoms with Gasteiger partial charge in [-0.3, -0.25) is 29.2 Å². The first-order chi connectivity index (χ1) is 24.0. The van der Waals surface area contributed by atoms with Crippen LogP contribution in [0.15, 0.2) is 60.8 Å². The first-order valence-corrected chi connectivity index (χ1v) is 16.7. The molecule has 6 rings (SSSR count). The van der Waals surface area contributed by atoms with E-state index in [9.17, 15) is 14.4 Å². The van der Waals surface area contributed by atoms with Crippen molar-refractivity contribution in [1.82, 2.24) is 19.8 Å². The van der Waals surface area contributed by atoms with Gasteiger partial charge in [0.2, 0.25) is 5.88 Å². The number of aliphatic carboxylic acids is 2. The number of anilines is 1. The van der Waals surface area contributed by atoms with E-state index in [1.807, 2.05) is 9.80 Å². The molecule has 2 fully saturated rings. The van der Waals surface area contributed by atoms with E-state index in [2.05, 4.69) is 15.3 Å². The highest BCUT2D eigenvalue weighted by molar-refractivity contribution is 6.39. The number of rotatable bonds is 13. The Morgan fingerprint density at radius 3 is 2.14 bits per heavy atom. The molecule has 2 saturated heterocycles. The zero-order valence-electron chi connectivity index (χ0n) is 26.7. The molecular weight excluding hydrogens is 709 g/mol. The van der Waals surface area contributed by atoms with Crippen molar-refractivity contribution in [2.75, 3.05) is 38.6 Å². The fourth-order valence-corrected chi connectivity index (χ4v) is 6.58. The molecule has 12 nitrogen and oxygen atoms in total. The number of benzene rings is 2. The van der Waals surface area contributed by atoms with E-state index in [4.69, 9.17) is 54.5 Å². The lowest BCUT2D eigenvalue weighted by Crippen LogP contribution is -2.49. The number of halogens is 3. The van der Waals surface area contributed by atoms with Crippen LogP contribution in [0.2, 0.25) is 15.1 Å². The Hall–Kier alpha value is -4.46. The van der Waals surface area contributed by atoms with Gasteiger partial charge in [-0.15, -0.1) is 0 Å². The minimum atomic E-state index is -0.809. The first kappa shape index (κ1) is 35.4. The number of pyridine rings is 2. The summed E-state index contributed by atoms with van der Waals surface area (Å²) in [4.78, 5) is 48.1. The largest absolute Gasteiger partial charge is 0.486 e. The molecule has 50 heavy (non-hydrogen) atoms. The second-order valence-corrected chi connectivity index (χ2v) is 13.3. The van der Waals surface area contributed by atoms with Crippen LogP contribution in [-0.2, 0) is 29.3 Å². The Kier molecular flexibility index (Phi) is 10.7. The predicted molar refractivity (Wildman–Crippen MR) is 187 cm³/mol. The lowest BCUT2D eigenvalue weighted by molar-refractivity contribution is -0.148. The average molecular weight is 741 g/mol. The number of methoxy groups -OCH3 is 1. The third-order valence-electron chi connectivity index (χ3n) is 8.62. The molecule has 4 heterocycles. The summed E-state index contributed by atoms with van der Waals surface area (Å²) in [5.74, 6) is -2.05. The second kappa shape index (κ2) is 15.2. The number of amides is 1. The zero-order valence-corrected chi connectivity index (χ0v) is 29.0.